The third kappa shape index (κ3) is 3.59. The van der Waals surface area contributed by atoms with E-state index in [-0.39, 0.29) is 40.2 Å². The summed E-state index contributed by atoms with van der Waals surface area (Å²) in [7, 11) is 0. The van der Waals surface area contributed by atoms with Crippen molar-refractivity contribution < 1.29 is 49.0 Å². The number of Topliss-reactive ketones (excluding diaryl/α,β-unsaturated/α-hetero) is 1. The number of nitrogens with one attached hydrogen (secondary N) is 1. The number of fused-ring (bicyclic) bond motifs is 8. The molecule has 2 aromatic carbocycles. The minimum absolute atomic E-state index is 0.00452. The SMILES string of the molecule is CC(=O)[C@]1(O)[C@H](O)C[C@H](O[C@@H]2c3cc4c(c(O)c3C3C[C@@]2(C)O[C@]32C=C3CCN=C3N2)C(=O)c2cccc(O)c2C4=O)O[C@H]1C. The molecule has 45 heavy (non-hydrogen) atoms. The third-order valence-electron chi connectivity index (χ3n) is 10.5. The molecule has 2 aliphatic carbocycles. The topological polar surface area (TPSA) is 184 Å². The van der Waals surface area contributed by atoms with Crippen molar-refractivity contribution in [2.24, 2.45) is 4.99 Å². The van der Waals surface area contributed by atoms with Gasteiger partial charge in [0.15, 0.2) is 35.0 Å². The fraction of sp³-hybridized carbons (Fsp3) is 0.455. The first-order valence-electron chi connectivity index (χ1n) is 15.1. The zero-order chi connectivity index (χ0) is 31.8. The number of ether oxygens (including phenoxy) is 3. The third-order valence-corrected chi connectivity index (χ3v) is 10.5. The number of aliphatic hydroxyl groups is 2. The van der Waals surface area contributed by atoms with E-state index in [0.717, 1.165) is 12.0 Å². The van der Waals surface area contributed by atoms with Gasteiger partial charge in [-0.05, 0) is 63.0 Å². The second-order valence-electron chi connectivity index (χ2n) is 13.1. The molecule has 12 heteroatoms. The molecule has 0 amide bonds. The molecule has 1 unspecified atom stereocenters. The second kappa shape index (κ2) is 9.08. The van der Waals surface area contributed by atoms with Gasteiger partial charge in [-0.3, -0.25) is 19.4 Å². The lowest BCUT2D eigenvalue weighted by molar-refractivity contribution is -0.301. The molecule has 1 spiro atoms. The summed E-state index contributed by atoms with van der Waals surface area (Å²) >= 11 is 0. The van der Waals surface area contributed by atoms with Crippen molar-refractivity contribution in [1.82, 2.24) is 5.32 Å². The Morgan fingerprint density at radius 1 is 1.16 bits per heavy atom. The first kappa shape index (κ1) is 28.5. The molecule has 6 aliphatic rings. The van der Waals surface area contributed by atoms with Crippen LogP contribution in [0.1, 0.15) is 95.0 Å². The van der Waals surface area contributed by atoms with Crippen molar-refractivity contribution in [1.29, 1.82) is 0 Å². The van der Waals surface area contributed by atoms with Crippen LogP contribution in [0.4, 0.5) is 0 Å². The molecule has 12 nitrogen and oxygen atoms in total. The van der Waals surface area contributed by atoms with E-state index in [0.29, 0.717) is 29.9 Å². The Hall–Kier alpha value is -3.94. The van der Waals surface area contributed by atoms with E-state index in [9.17, 15) is 34.8 Å². The van der Waals surface area contributed by atoms with E-state index in [1.165, 1.54) is 38.1 Å². The van der Waals surface area contributed by atoms with E-state index in [1.807, 2.05) is 13.0 Å². The van der Waals surface area contributed by atoms with Crippen LogP contribution in [-0.2, 0) is 19.0 Å². The van der Waals surface area contributed by atoms with Gasteiger partial charge in [-0.1, -0.05) is 12.1 Å². The monoisotopic (exact) mass is 616 g/mol. The number of aliphatic hydroxyl groups excluding tert-OH is 1. The minimum Gasteiger partial charge on any atom is -0.507 e. The molecule has 0 saturated carbocycles. The number of aromatic hydroxyl groups is 2. The predicted molar refractivity (Wildman–Crippen MR) is 155 cm³/mol. The zero-order valence-corrected chi connectivity index (χ0v) is 24.8. The van der Waals surface area contributed by atoms with Crippen molar-refractivity contribution in [3.63, 3.8) is 0 Å². The van der Waals surface area contributed by atoms with Crippen molar-refractivity contribution in [3.05, 3.63) is 69.3 Å². The number of hydrogen-bond acceptors (Lipinski definition) is 12. The highest BCUT2D eigenvalue weighted by Gasteiger charge is 2.65. The van der Waals surface area contributed by atoms with Crippen molar-refractivity contribution >= 4 is 23.2 Å². The lowest BCUT2D eigenvalue weighted by Crippen LogP contribution is -2.62. The summed E-state index contributed by atoms with van der Waals surface area (Å²) in [6.45, 7) is 5.13. The average molecular weight is 617 g/mol. The van der Waals surface area contributed by atoms with Gasteiger partial charge in [-0.15, -0.1) is 0 Å². The molecule has 2 saturated heterocycles. The van der Waals surface area contributed by atoms with Gasteiger partial charge in [0.1, 0.15) is 23.4 Å². The van der Waals surface area contributed by atoms with Crippen molar-refractivity contribution in [2.75, 3.05) is 6.54 Å². The van der Waals surface area contributed by atoms with Crippen LogP contribution in [0, 0.1) is 0 Å². The van der Waals surface area contributed by atoms with Gasteiger partial charge in [0.25, 0.3) is 0 Å². The molecule has 234 valence electrons. The van der Waals surface area contributed by atoms with Gasteiger partial charge < -0.3 is 40.0 Å². The molecule has 4 heterocycles. The highest BCUT2D eigenvalue weighted by Crippen LogP contribution is 2.63. The van der Waals surface area contributed by atoms with E-state index < -0.39 is 64.8 Å². The molecule has 2 fully saturated rings. The van der Waals surface area contributed by atoms with E-state index in [1.54, 1.807) is 0 Å². The second-order valence-corrected chi connectivity index (χ2v) is 13.1. The van der Waals surface area contributed by atoms with Gasteiger partial charge in [-0.25, -0.2) is 0 Å². The van der Waals surface area contributed by atoms with Crippen LogP contribution in [0.2, 0.25) is 0 Å². The van der Waals surface area contributed by atoms with Crippen LogP contribution in [0.5, 0.6) is 11.5 Å². The molecular weight excluding hydrogens is 584 g/mol. The summed E-state index contributed by atoms with van der Waals surface area (Å²) in [5.41, 5.74) is -2.98. The molecule has 2 bridgehead atoms. The summed E-state index contributed by atoms with van der Waals surface area (Å²) in [6.07, 6.45) is -1.93. The number of rotatable bonds is 3. The standard InChI is InChI=1S/C33H32N2O10/c1-13(36)33(42)14(2)43-22(10-21(33)38)44-29-18-9-17-25(26(39)16-5-4-6-20(37)24(16)27(17)40)28(41)23(18)19-12-31(29,3)45-32(19)11-15-7-8-34-30(15)35-32/h4-6,9,11,14,19,21-22,29,37-38,41-42H,7-8,10,12H2,1-3H3,(H,34,35)/t14-,19?,21+,22-,29+,31+,32+,33+/m0/s1. The minimum atomic E-state index is -2.12. The van der Waals surface area contributed by atoms with Crippen LogP contribution in [0.25, 0.3) is 0 Å². The summed E-state index contributed by atoms with van der Waals surface area (Å²) in [5.74, 6) is -2.39. The number of nitrogens with zero attached hydrogens (tertiary/aromatic N) is 1. The summed E-state index contributed by atoms with van der Waals surface area (Å²) in [4.78, 5) is 44.4. The highest BCUT2D eigenvalue weighted by atomic mass is 16.7. The number of benzene rings is 2. The van der Waals surface area contributed by atoms with Crippen LogP contribution in [0.3, 0.4) is 0 Å². The van der Waals surface area contributed by atoms with Gasteiger partial charge in [0.05, 0.1) is 28.9 Å². The number of carbonyl (C=O) groups excluding carboxylic acids is 3. The largest absolute Gasteiger partial charge is 0.507 e. The Morgan fingerprint density at radius 3 is 2.62 bits per heavy atom. The first-order valence-corrected chi connectivity index (χ1v) is 15.1. The lowest BCUT2D eigenvalue weighted by Gasteiger charge is -2.46. The lowest BCUT2D eigenvalue weighted by atomic mass is 9.69. The maximum Gasteiger partial charge on any atom is 0.198 e. The molecule has 4 aliphatic heterocycles. The van der Waals surface area contributed by atoms with Crippen LogP contribution >= 0.6 is 0 Å². The highest BCUT2D eigenvalue weighted by molar-refractivity contribution is 6.30. The Balaban J connectivity index is 1.29. The fourth-order valence-corrected chi connectivity index (χ4v) is 8.28. The summed E-state index contributed by atoms with van der Waals surface area (Å²) < 4.78 is 19.3. The zero-order valence-electron chi connectivity index (χ0n) is 24.8. The Morgan fingerprint density at radius 2 is 1.91 bits per heavy atom. The molecule has 8 atom stereocenters. The number of phenolic OH excluding ortho intramolecular Hbond substituents is 2. The van der Waals surface area contributed by atoms with Gasteiger partial charge in [0.2, 0.25) is 0 Å². The molecule has 8 rings (SSSR count). The fourth-order valence-electron chi connectivity index (χ4n) is 8.28. The average Bonchev–Trinajstić information content (AvgIpc) is 3.62. The van der Waals surface area contributed by atoms with E-state index >= 15 is 0 Å². The summed E-state index contributed by atoms with van der Waals surface area (Å²) in [6, 6.07) is 5.76. The Kier molecular flexibility index (Phi) is 5.75. The molecule has 0 aromatic heterocycles. The number of amidine groups is 1. The molecule has 5 N–H and O–H groups in total. The van der Waals surface area contributed by atoms with Crippen LogP contribution < -0.4 is 5.32 Å². The van der Waals surface area contributed by atoms with Gasteiger partial charge in [-0.2, -0.15) is 0 Å². The maximum absolute atomic E-state index is 13.8. The number of phenols is 2. The first-order chi connectivity index (χ1) is 21.3. The molecule has 0 radical (unpaired) electrons. The maximum atomic E-state index is 13.8. The Labute approximate surface area is 257 Å². The van der Waals surface area contributed by atoms with Crippen LogP contribution in [0.15, 0.2) is 40.9 Å². The number of carbonyl (C=O) groups is 3. The van der Waals surface area contributed by atoms with Gasteiger partial charge >= 0.3 is 0 Å². The van der Waals surface area contributed by atoms with Crippen LogP contribution in [-0.4, -0.2) is 85.6 Å². The number of aliphatic imine (C=N–C) groups is 1. The summed E-state index contributed by atoms with van der Waals surface area (Å²) in [5, 5.41) is 47.7. The van der Waals surface area contributed by atoms with Gasteiger partial charge in [0, 0.05) is 35.6 Å². The van der Waals surface area contributed by atoms with Crippen molar-refractivity contribution in [2.45, 2.75) is 87.5 Å². The van der Waals surface area contributed by atoms with Crippen molar-refractivity contribution in [3.8, 4) is 11.5 Å². The number of hydrogen-bond donors (Lipinski definition) is 5. The Bertz CT molecular complexity index is 1800. The normalized spacial score (nSPS) is 37.4. The van der Waals surface area contributed by atoms with E-state index in [4.69, 9.17) is 14.2 Å². The van der Waals surface area contributed by atoms with E-state index in [2.05, 4.69) is 10.3 Å². The quantitative estimate of drug-likeness (QED) is 0.290. The smallest absolute Gasteiger partial charge is 0.198 e. The molecular formula is C33H32N2O10. The predicted octanol–water partition coefficient (Wildman–Crippen LogP) is 2.05. The number of ketones is 3. The molecule has 2 aromatic rings.